The molecule has 13 rings (SSSR count). The van der Waals surface area contributed by atoms with Crippen LogP contribution >= 0.6 is 11.8 Å². The van der Waals surface area contributed by atoms with E-state index in [1.54, 1.807) is 70.2 Å². The van der Waals surface area contributed by atoms with Gasteiger partial charge >= 0.3 is 0 Å². The van der Waals surface area contributed by atoms with Crippen molar-refractivity contribution in [3.8, 4) is 28.7 Å². The highest BCUT2D eigenvalue weighted by Crippen LogP contribution is 2.44. The van der Waals surface area contributed by atoms with Crippen molar-refractivity contribution in [2.24, 2.45) is 0 Å². The number of ether oxygens (including phenoxy) is 9. The third-order valence-electron chi connectivity index (χ3n) is 26.3. The number of rotatable bonds is 41. The largest absolute Gasteiger partial charge is 0.497 e. The predicted octanol–water partition coefficient (Wildman–Crippen LogP) is 25.5. The van der Waals surface area contributed by atoms with Gasteiger partial charge < -0.3 is 52.8 Å². The molecule has 2 aliphatic rings. The molecule has 11 aromatic carbocycles. The van der Waals surface area contributed by atoms with Gasteiger partial charge in [-0.2, -0.15) is 0 Å². The molecule has 2 fully saturated rings. The summed E-state index contributed by atoms with van der Waals surface area (Å²) in [4.78, 5) is 57.9. The number of methoxy groups -OCH3 is 5. The van der Waals surface area contributed by atoms with Crippen LogP contribution in [-0.4, -0.2) is 132 Å². The van der Waals surface area contributed by atoms with Crippen molar-refractivity contribution in [2.75, 3.05) is 80.9 Å². The number of ketones is 5. The van der Waals surface area contributed by atoms with E-state index >= 15 is 0 Å². The number of carbonyl (C=O) groups excluding carboxylic acids is 5. The van der Waals surface area contributed by atoms with Gasteiger partial charge in [-0.1, -0.05) is 247 Å². The Hall–Kier alpha value is -11.1. The van der Waals surface area contributed by atoms with Crippen LogP contribution in [0.25, 0.3) is 0 Å². The van der Waals surface area contributed by atoms with Gasteiger partial charge in [-0.25, -0.2) is 0 Å². The summed E-state index contributed by atoms with van der Waals surface area (Å²) in [6.45, 7) is 22.9. The standard InChI is InChI=1S/C27H30O3.C25H32O4.C25H32O3S.C20H24O3.C19H22O3/c1-21(28)23-10-12-24(13-11-23)27(2,25-14-16-26(29-3)17-15-25)18-7-19-30-20-22-8-5-4-6-9-22;1-19(26)20-8-10-21(11-9-20)25(2,22-12-14-23(27-3)15-13-22)16-6-18-29-24-7-4-5-17-28-24;1-19(26)20-8-10-21(11-9-20)25(2,22-12-14-23(27-3)15-13-22)16-6-17-28-24-7-4-5-18-29-24;1-15(22)16-5-7-17(8-6-16)20(2,13-4-14-21)18-9-11-19(23-3)12-10-18;1-14(21)15-4-6-16(7-5-15)19(2,12-13-20)17-8-10-18(22-3)11-9-17/h4-6,8-17H,7,18-20H2,1-3H3;2*8-15,24H,4-7,16-18H2,1-3H3;5-12,21H,4,13-14H2,1-3H3;4-11,20H,12-13H2,1-3H3. The van der Waals surface area contributed by atoms with Gasteiger partial charge in [0.25, 0.3) is 0 Å². The van der Waals surface area contributed by atoms with E-state index in [1.807, 2.05) is 188 Å². The Morgan fingerprint density at radius 1 is 0.316 bits per heavy atom. The van der Waals surface area contributed by atoms with Gasteiger partial charge in [-0.3, -0.25) is 24.0 Å². The second kappa shape index (κ2) is 53.1. The SMILES string of the molecule is COc1ccc(C(C)(CCCO)c2ccc(C(C)=O)cc2)cc1.COc1ccc(C(C)(CCCOC2CCCCO2)c2ccc(C(C)=O)cc2)cc1.COc1ccc(C(C)(CCCOC2CCCCS2)c2ccc(C(C)=O)cc2)cc1.COc1ccc(C(C)(CCCOCc2ccccc2)c2ccc(C(C)=O)cc2)cc1.COc1ccc(C(C)(CCO)c2ccc(C(C)=O)cc2)cc1. The minimum absolute atomic E-state index is 0.0501. The molecule has 0 saturated carbocycles. The average molecular weight is 1820 g/mol. The molecule has 2 N–H and O–H groups in total. The highest BCUT2D eigenvalue weighted by molar-refractivity contribution is 7.99. The normalized spacial score (nSPS) is 15.6. The molecule has 0 amide bonds. The molecule has 0 spiro atoms. The van der Waals surface area contributed by atoms with E-state index in [-0.39, 0.29) is 75.5 Å². The maximum Gasteiger partial charge on any atom is 0.159 e. The quantitative estimate of drug-likeness (QED) is 0.0270. The molecule has 0 bridgehead atoms. The number of hydrogen-bond donors (Lipinski definition) is 2. The smallest absolute Gasteiger partial charge is 0.159 e. The lowest BCUT2D eigenvalue weighted by molar-refractivity contribution is -0.163. The summed E-state index contributed by atoms with van der Waals surface area (Å²) in [5.41, 5.74) is 16.0. The number of thioether (sulfide) groups is 1. The number of aliphatic hydroxyl groups excluding tert-OH is 2. The fourth-order valence-electron chi connectivity index (χ4n) is 17.3. The Labute approximate surface area is 795 Å². The maximum absolute atomic E-state index is 11.7. The molecule has 2 saturated heterocycles. The Balaban J connectivity index is 0.000000188. The zero-order chi connectivity index (χ0) is 95.8. The van der Waals surface area contributed by atoms with Crippen molar-refractivity contribution in [1.82, 2.24) is 0 Å². The van der Waals surface area contributed by atoms with Crippen molar-refractivity contribution >= 4 is 40.7 Å². The second-order valence-electron chi connectivity index (χ2n) is 35.5. The summed E-state index contributed by atoms with van der Waals surface area (Å²) in [5, 5.41) is 18.7. The maximum atomic E-state index is 11.7. The van der Waals surface area contributed by atoms with E-state index < -0.39 is 0 Å². The first-order valence-electron chi connectivity index (χ1n) is 46.7. The van der Waals surface area contributed by atoms with Gasteiger partial charge in [0.2, 0.25) is 0 Å². The molecule has 0 aliphatic carbocycles. The lowest BCUT2D eigenvalue weighted by atomic mass is 9.73. The Kier molecular flexibility index (Phi) is 42.1. The van der Waals surface area contributed by atoms with E-state index in [2.05, 4.69) is 132 Å². The van der Waals surface area contributed by atoms with Crippen LogP contribution in [0, 0.1) is 0 Å². The zero-order valence-corrected chi connectivity index (χ0v) is 81.7. The molecule has 7 unspecified atom stereocenters. The van der Waals surface area contributed by atoms with Crippen molar-refractivity contribution < 1.29 is 76.8 Å². The van der Waals surface area contributed by atoms with Crippen LogP contribution in [0.4, 0.5) is 0 Å². The number of Topliss-reactive ketones (excluding diaryl/α,β-unsaturated/α-hetero) is 5. The van der Waals surface area contributed by atoms with Crippen molar-refractivity contribution in [3.63, 3.8) is 0 Å². The van der Waals surface area contributed by atoms with Crippen molar-refractivity contribution in [3.05, 3.63) is 362 Å². The lowest BCUT2D eigenvalue weighted by Gasteiger charge is -2.32. The topological polar surface area (TPSA) is 209 Å². The Morgan fingerprint density at radius 2 is 0.586 bits per heavy atom. The second-order valence-corrected chi connectivity index (χ2v) is 36.7. The van der Waals surface area contributed by atoms with Crippen LogP contribution in [-0.2, 0) is 52.6 Å². The van der Waals surface area contributed by atoms with E-state index in [0.717, 1.165) is 140 Å². The lowest BCUT2D eigenvalue weighted by Crippen LogP contribution is -2.26. The third-order valence-corrected chi connectivity index (χ3v) is 27.6. The van der Waals surface area contributed by atoms with Crippen LogP contribution < -0.4 is 23.7 Å². The molecule has 2 aliphatic heterocycles. The molecule has 0 radical (unpaired) electrons. The number of hydrogen-bond acceptors (Lipinski definition) is 17. The molecule has 17 heteroatoms. The van der Waals surface area contributed by atoms with Gasteiger partial charge in [0.1, 0.15) is 34.2 Å². The summed E-state index contributed by atoms with van der Waals surface area (Å²) < 4.78 is 50.1. The first-order valence-corrected chi connectivity index (χ1v) is 47.8. The van der Waals surface area contributed by atoms with E-state index in [4.69, 9.17) is 42.6 Å². The van der Waals surface area contributed by atoms with Crippen LogP contribution in [0.2, 0.25) is 0 Å². The molecule has 133 heavy (non-hydrogen) atoms. The molecule has 0 aromatic heterocycles. The zero-order valence-electron chi connectivity index (χ0n) is 80.9. The number of carbonyl (C=O) groups is 5. The van der Waals surface area contributed by atoms with Crippen LogP contribution in [0.5, 0.6) is 28.7 Å². The Bertz CT molecular complexity index is 5170. The van der Waals surface area contributed by atoms with Crippen molar-refractivity contribution in [1.29, 1.82) is 0 Å². The molecule has 706 valence electrons. The highest BCUT2D eigenvalue weighted by atomic mass is 32.2. The molecule has 2 heterocycles. The molecular weight excluding hydrogens is 1680 g/mol. The third kappa shape index (κ3) is 30.4. The molecule has 7 atom stereocenters. The van der Waals surface area contributed by atoms with E-state index in [1.165, 1.54) is 75.9 Å². The van der Waals surface area contributed by atoms with E-state index in [0.29, 0.717) is 42.8 Å². The summed E-state index contributed by atoms with van der Waals surface area (Å²) in [5.74, 6) is 5.80. The number of aliphatic hydroxyl groups is 2. The van der Waals surface area contributed by atoms with Crippen LogP contribution in [0.15, 0.2) is 273 Å². The fraction of sp³-hybridized carbons (Fsp3) is 0.388. The van der Waals surface area contributed by atoms with Gasteiger partial charge in [0, 0.05) is 94.5 Å². The fourth-order valence-corrected chi connectivity index (χ4v) is 18.5. The van der Waals surface area contributed by atoms with Gasteiger partial charge in [0.15, 0.2) is 35.2 Å². The monoisotopic (exact) mass is 1820 g/mol. The number of benzene rings is 11. The summed E-state index contributed by atoms with van der Waals surface area (Å²) in [7, 11) is 8.34. The van der Waals surface area contributed by atoms with Crippen LogP contribution in [0.3, 0.4) is 0 Å². The summed E-state index contributed by atoms with van der Waals surface area (Å²) in [6.07, 6.45) is 14.9. The highest BCUT2D eigenvalue weighted by Gasteiger charge is 2.35. The first-order chi connectivity index (χ1) is 64.1. The molecular formula is C116H140O16S. The molecule has 11 aromatic rings. The van der Waals surface area contributed by atoms with E-state index in [9.17, 15) is 34.2 Å². The van der Waals surface area contributed by atoms with Gasteiger partial charge in [0.05, 0.1) is 42.2 Å². The Morgan fingerprint density at radius 3 is 0.842 bits per heavy atom. The van der Waals surface area contributed by atoms with Gasteiger partial charge in [-0.05, 0) is 259 Å². The average Bonchev–Trinajstić information content (AvgIpc) is 0.798. The van der Waals surface area contributed by atoms with Crippen molar-refractivity contribution in [2.45, 2.75) is 211 Å². The first kappa shape index (κ1) is 106. The van der Waals surface area contributed by atoms with Crippen LogP contribution in [0.1, 0.15) is 279 Å². The molecule has 16 nitrogen and oxygen atoms in total. The summed E-state index contributed by atoms with van der Waals surface area (Å²) >= 11 is 1.95. The minimum atomic E-state index is -0.309. The predicted molar refractivity (Wildman–Crippen MR) is 537 cm³/mol. The summed E-state index contributed by atoms with van der Waals surface area (Å²) in [6, 6.07) is 90.5. The minimum Gasteiger partial charge on any atom is -0.497 e. The van der Waals surface area contributed by atoms with Gasteiger partial charge in [-0.15, -0.1) is 11.8 Å².